The number of hydrogen-bond donors (Lipinski definition) is 2. The third-order valence-corrected chi connectivity index (χ3v) is 7.19. The van der Waals surface area contributed by atoms with Crippen molar-refractivity contribution < 1.29 is 19.1 Å². The molecule has 2 aromatic carbocycles. The van der Waals surface area contributed by atoms with E-state index >= 15 is 0 Å². The molecule has 3 rings (SSSR count). The molecule has 1 fully saturated rings. The molecule has 1 aliphatic rings. The zero-order chi connectivity index (χ0) is 26.6. The van der Waals surface area contributed by atoms with Crippen molar-refractivity contribution >= 4 is 29.4 Å². The summed E-state index contributed by atoms with van der Waals surface area (Å²) in [6.07, 6.45) is 12.6. The Labute approximate surface area is 221 Å². The summed E-state index contributed by atoms with van der Waals surface area (Å²) in [7, 11) is 0. The molecule has 0 spiro atoms. The van der Waals surface area contributed by atoms with E-state index in [-0.39, 0.29) is 24.4 Å². The van der Waals surface area contributed by atoms with E-state index < -0.39 is 5.97 Å². The fourth-order valence-electron chi connectivity index (χ4n) is 5.07. The summed E-state index contributed by atoms with van der Waals surface area (Å²) in [5.41, 5.74) is 14.9. The number of anilines is 2. The number of carbonyl (C=O) groups is 2. The first-order valence-corrected chi connectivity index (χ1v) is 13.7. The summed E-state index contributed by atoms with van der Waals surface area (Å²) in [5, 5.41) is 0. The highest BCUT2D eigenvalue weighted by atomic mass is 16.5. The zero-order valence-electron chi connectivity index (χ0n) is 22.3. The average Bonchev–Trinajstić information content (AvgIpc) is 2.88. The van der Waals surface area contributed by atoms with E-state index in [0.29, 0.717) is 17.1 Å². The Morgan fingerprint density at radius 2 is 1.65 bits per heavy atom. The Morgan fingerprint density at radius 3 is 2.27 bits per heavy atom. The van der Waals surface area contributed by atoms with Crippen molar-refractivity contribution in [1.29, 1.82) is 0 Å². The van der Waals surface area contributed by atoms with E-state index in [1.807, 2.05) is 24.3 Å². The van der Waals surface area contributed by atoms with Crippen LogP contribution >= 0.6 is 0 Å². The van der Waals surface area contributed by atoms with Gasteiger partial charge < -0.3 is 20.9 Å². The van der Waals surface area contributed by atoms with Gasteiger partial charge in [0, 0.05) is 23.4 Å². The molecule has 1 unspecified atom stereocenters. The van der Waals surface area contributed by atoms with Gasteiger partial charge in [-0.05, 0) is 85.6 Å². The maximum Gasteiger partial charge on any atom is 0.330 e. The second-order valence-corrected chi connectivity index (χ2v) is 10.2. The van der Waals surface area contributed by atoms with Gasteiger partial charge in [-0.15, -0.1) is 0 Å². The summed E-state index contributed by atoms with van der Waals surface area (Å²) in [6.45, 7) is 4.61. The standard InChI is InChI=1S/C31H42N2O4/c1-3-5-7-25(26-18-27(32)20-28(33)19-26)21-36-30(34)17-12-23-10-15-29(16-11-23)37-31(35)24-13-8-22(6-4-2)9-14-24/h10-12,15-20,22,24-25H,3-9,13-14,21,32-33H2,1-2H3. The predicted molar refractivity (Wildman–Crippen MR) is 150 cm³/mol. The topological polar surface area (TPSA) is 105 Å². The molecule has 1 aliphatic carbocycles. The SMILES string of the molecule is CCCCC(COC(=O)C=Cc1ccc(OC(=O)C2CCC(CCC)CC2)cc1)c1cc(N)cc(N)c1. The van der Waals surface area contributed by atoms with Crippen molar-refractivity contribution in [3.63, 3.8) is 0 Å². The van der Waals surface area contributed by atoms with Crippen LogP contribution in [0.1, 0.15) is 88.7 Å². The highest BCUT2D eigenvalue weighted by molar-refractivity contribution is 5.87. The Bertz CT molecular complexity index is 1020. The number of ether oxygens (including phenoxy) is 2. The Kier molecular flexibility index (Phi) is 11.1. The Hall–Kier alpha value is -3.28. The van der Waals surface area contributed by atoms with Crippen LogP contribution in [0.3, 0.4) is 0 Å². The number of unbranched alkanes of at least 4 members (excludes halogenated alkanes) is 1. The second kappa shape index (κ2) is 14.5. The molecule has 6 nitrogen and oxygen atoms in total. The molecule has 0 aromatic heterocycles. The number of carbonyl (C=O) groups excluding carboxylic acids is 2. The Balaban J connectivity index is 1.48. The molecule has 200 valence electrons. The van der Waals surface area contributed by atoms with Gasteiger partial charge in [0.25, 0.3) is 0 Å². The largest absolute Gasteiger partial charge is 0.462 e. The number of hydrogen-bond acceptors (Lipinski definition) is 6. The molecule has 0 saturated heterocycles. The average molecular weight is 507 g/mol. The monoisotopic (exact) mass is 506 g/mol. The van der Waals surface area contributed by atoms with E-state index in [1.54, 1.807) is 24.3 Å². The summed E-state index contributed by atoms with van der Waals surface area (Å²) in [4.78, 5) is 24.9. The van der Waals surface area contributed by atoms with Crippen molar-refractivity contribution in [3.8, 4) is 5.75 Å². The molecule has 0 heterocycles. The van der Waals surface area contributed by atoms with Crippen LogP contribution < -0.4 is 16.2 Å². The van der Waals surface area contributed by atoms with Crippen LogP contribution in [-0.2, 0) is 14.3 Å². The molecule has 4 N–H and O–H groups in total. The van der Waals surface area contributed by atoms with Gasteiger partial charge in [0.05, 0.1) is 12.5 Å². The van der Waals surface area contributed by atoms with Crippen LogP contribution in [-0.4, -0.2) is 18.5 Å². The zero-order valence-corrected chi connectivity index (χ0v) is 22.3. The van der Waals surface area contributed by atoms with Crippen LogP contribution in [0.15, 0.2) is 48.5 Å². The second-order valence-electron chi connectivity index (χ2n) is 10.2. The molecule has 0 radical (unpaired) electrons. The van der Waals surface area contributed by atoms with Gasteiger partial charge >= 0.3 is 11.9 Å². The lowest BCUT2D eigenvalue weighted by Gasteiger charge is -2.26. The third-order valence-electron chi connectivity index (χ3n) is 7.19. The maximum atomic E-state index is 12.6. The number of nitrogens with two attached hydrogens (primary N) is 2. The summed E-state index contributed by atoms with van der Waals surface area (Å²) in [5.74, 6) is 0.769. The minimum absolute atomic E-state index is 0.00707. The van der Waals surface area contributed by atoms with E-state index in [9.17, 15) is 9.59 Å². The number of benzene rings is 2. The van der Waals surface area contributed by atoms with Crippen molar-refractivity contribution in [2.75, 3.05) is 18.1 Å². The fraction of sp³-hybridized carbons (Fsp3) is 0.484. The first kappa shape index (κ1) is 28.3. The summed E-state index contributed by atoms with van der Waals surface area (Å²) >= 11 is 0. The molecular formula is C31H42N2O4. The van der Waals surface area contributed by atoms with Crippen LogP contribution in [0.2, 0.25) is 0 Å². The minimum atomic E-state index is -0.410. The molecule has 1 atom stereocenters. The lowest BCUT2D eigenvalue weighted by Crippen LogP contribution is -2.25. The van der Waals surface area contributed by atoms with Gasteiger partial charge in [-0.2, -0.15) is 0 Å². The highest BCUT2D eigenvalue weighted by Gasteiger charge is 2.27. The fourth-order valence-corrected chi connectivity index (χ4v) is 5.07. The molecule has 0 aliphatic heterocycles. The van der Waals surface area contributed by atoms with E-state index in [1.165, 1.54) is 18.9 Å². The predicted octanol–water partition coefficient (Wildman–Crippen LogP) is 6.89. The molecular weight excluding hydrogens is 464 g/mol. The van der Waals surface area contributed by atoms with Crippen LogP contribution in [0.5, 0.6) is 5.75 Å². The molecule has 0 bridgehead atoms. The summed E-state index contributed by atoms with van der Waals surface area (Å²) < 4.78 is 11.2. The summed E-state index contributed by atoms with van der Waals surface area (Å²) in [6, 6.07) is 12.7. The van der Waals surface area contributed by atoms with E-state index in [4.69, 9.17) is 20.9 Å². The van der Waals surface area contributed by atoms with Gasteiger partial charge in [0.2, 0.25) is 0 Å². The van der Waals surface area contributed by atoms with E-state index in [0.717, 1.165) is 62.0 Å². The third kappa shape index (κ3) is 9.27. The molecule has 1 saturated carbocycles. The lowest BCUT2D eigenvalue weighted by molar-refractivity contribution is -0.140. The number of nitrogen functional groups attached to an aromatic ring is 2. The molecule has 6 heteroatoms. The molecule has 37 heavy (non-hydrogen) atoms. The maximum absolute atomic E-state index is 12.6. The van der Waals surface area contributed by atoms with Crippen molar-refractivity contribution in [2.24, 2.45) is 11.8 Å². The Morgan fingerprint density at radius 1 is 0.973 bits per heavy atom. The first-order valence-electron chi connectivity index (χ1n) is 13.7. The quantitative estimate of drug-likeness (QED) is 0.140. The molecule has 0 amide bonds. The van der Waals surface area contributed by atoms with E-state index in [2.05, 4.69) is 13.8 Å². The lowest BCUT2D eigenvalue weighted by atomic mass is 9.80. The van der Waals surface area contributed by atoms with Crippen LogP contribution in [0.25, 0.3) is 6.08 Å². The van der Waals surface area contributed by atoms with Gasteiger partial charge in [-0.1, -0.05) is 51.7 Å². The highest BCUT2D eigenvalue weighted by Crippen LogP contribution is 2.32. The van der Waals surface area contributed by atoms with Gasteiger partial charge in [-0.3, -0.25) is 4.79 Å². The smallest absolute Gasteiger partial charge is 0.330 e. The normalized spacial score (nSPS) is 18.4. The number of esters is 2. The van der Waals surface area contributed by atoms with Gasteiger partial charge in [0.15, 0.2) is 0 Å². The number of rotatable bonds is 12. The van der Waals surface area contributed by atoms with Gasteiger partial charge in [-0.25, -0.2) is 4.79 Å². The minimum Gasteiger partial charge on any atom is -0.462 e. The first-order chi connectivity index (χ1) is 17.9. The molecule has 2 aromatic rings. The van der Waals surface area contributed by atoms with Crippen LogP contribution in [0.4, 0.5) is 11.4 Å². The van der Waals surface area contributed by atoms with Crippen molar-refractivity contribution in [3.05, 3.63) is 59.7 Å². The van der Waals surface area contributed by atoms with Crippen molar-refractivity contribution in [1.82, 2.24) is 0 Å². The van der Waals surface area contributed by atoms with Crippen molar-refractivity contribution in [2.45, 2.75) is 77.6 Å². The van der Waals surface area contributed by atoms with Gasteiger partial charge in [0.1, 0.15) is 5.75 Å². The van der Waals surface area contributed by atoms with Crippen LogP contribution in [0, 0.1) is 11.8 Å².